The Hall–Kier alpha value is -1.78. The minimum absolute atomic E-state index is 0.383. The Labute approximate surface area is 125 Å². The highest BCUT2D eigenvalue weighted by Gasteiger charge is 2.30. The summed E-state index contributed by atoms with van der Waals surface area (Å²) >= 11 is 3.43. The Morgan fingerprint density at radius 1 is 1.05 bits per heavy atom. The molecule has 2 aromatic rings. The van der Waals surface area contributed by atoms with Crippen LogP contribution in [0, 0.1) is 0 Å². The monoisotopic (exact) mass is 328 g/mol. The fourth-order valence-corrected chi connectivity index (χ4v) is 2.56. The smallest absolute Gasteiger partial charge is 0.189 e. The van der Waals surface area contributed by atoms with Crippen LogP contribution in [0.1, 0.15) is 17.5 Å². The lowest BCUT2D eigenvalue weighted by atomic mass is 9.99. The summed E-state index contributed by atoms with van der Waals surface area (Å²) in [7, 11) is 0. The number of hydrogen-bond donors (Lipinski definition) is 1. The van der Waals surface area contributed by atoms with Gasteiger partial charge in [-0.3, -0.25) is 0 Å². The summed E-state index contributed by atoms with van der Waals surface area (Å²) in [6.07, 6.45) is 2.10. The van der Waals surface area contributed by atoms with E-state index in [1.54, 1.807) is 6.21 Å². The molecule has 2 aromatic carbocycles. The molecule has 0 aromatic heterocycles. The molecule has 4 heteroatoms. The standard InChI is InChI=1S/C16H13BrN2O/c17-14-8-4-5-12(11-14)15-18-10-9-16(20,19-15)13-6-2-1-3-7-13/h1-8,10-11,20H,9H2. The van der Waals surface area contributed by atoms with Crippen molar-refractivity contribution in [1.82, 2.24) is 0 Å². The van der Waals surface area contributed by atoms with Crippen molar-refractivity contribution in [3.05, 3.63) is 70.2 Å². The molecule has 0 spiro atoms. The molecule has 0 fully saturated rings. The average molecular weight is 329 g/mol. The summed E-state index contributed by atoms with van der Waals surface area (Å²) in [5.41, 5.74) is 0.420. The topological polar surface area (TPSA) is 45.0 Å². The van der Waals surface area contributed by atoms with E-state index in [2.05, 4.69) is 25.9 Å². The molecule has 0 saturated heterocycles. The van der Waals surface area contributed by atoms with E-state index in [0.29, 0.717) is 12.3 Å². The summed E-state index contributed by atoms with van der Waals surface area (Å²) in [4.78, 5) is 8.75. The van der Waals surface area contributed by atoms with Gasteiger partial charge in [-0.15, -0.1) is 0 Å². The molecule has 20 heavy (non-hydrogen) atoms. The zero-order chi connectivity index (χ0) is 14.0. The second kappa shape index (κ2) is 5.31. The van der Waals surface area contributed by atoms with Gasteiger partial charge in [-0.1, -0.05) is 58.4 Å². The van der Waals surface area contributed by atoms with Crippen LogP contribution in [-0.2, 0) is 5.72 Å². The van der Waals surface area contributed by atoms with Gasteiger partial charge in [-0.2, -0.15) is 0 Å². The molecule has 3 rings (SSSR count). The maximum Gasteiger partial charge on any atom is 0.189 e. The quantitative estimate of drug-likeness (QED) is 0.900. The van der Waals surface area contributed by atoms with Crippen molar-refractivity contribution in [3.63, 3.8) is 0 Å². The van der Waals surface area contributed by atoms with Crippen LogP contribution < -0.4 is 0 Å². The van der Waals surface area contributed by atoms with Crippen molar-refractivity contribution in [1.29, 1.82) is 0 Å². The van der Waals surface area contributed by atoms with Crippen molar-refractivity contribution < 1.29 is 5.11 Å². The lowest BCUT2D eigenvalue weighted by Gasteiger charge is -2.26. The highest BCUT2D eigenvalue weighted by molar-refractivity contribution is 9.10. The van der Waals surface area contributed by atoms with Crippen molar-refractivity contribution in [2.75, 3.05) is 0 Å². The highest BCUT2D eigenvalue weighted by atomic mass is 79.9. The fraction of sp³-hybridized carbons (Fsp3) is 0.125. The zero-order valence-corrected chi connectivity index (χ0v) is 12.3. The second-order valence-corrected chi connectivity index (χ2v) is 5.56. The van der Waals surface area contributed by atoms with E-state index < -0.39 is 5.72 Å². The van der Waals surface area contributed by atoms with Gasteiger partial charge in [0.2, 0.25) is 0 Å². The minimum Gasteiger partial charge on any atom is -0.365 e. The molecule has 1 aliphatic heterocycles. The molecule has 100 valence electrons. The van der Waals surface area contributed by atoms with Crippen molar-refractivity contribution >= 4 is 28.0 Å². The number of aliphatic hydroxyl groups is 1. The first kappa shape index (κ1) is 13.2. The first-order valence-electron chi connectivity index (χ1n) is 6.34. The van der Waals surface area contributed by atoms with Gasteiger partial charge in [-0.05, 0) is 12.1 Å². The largest absolute Gasteiger partial charge is 0.365 e. The molecular formula is C16H13BrN2O. The van der Waals surface area contributed by atoms with E-state index in [1.165, 1.54) is 0 Å². The van der Waals surface area contributed by atoms with Crippen LogP contribution in [0.3, 0.4) is 0 Å². The molecule has 3 nitrogen and oxygen atoms in total. The molecule has 0 amide bonds. The van der Waals surface area contributed by atoms with Gasteiger partial charge in [0.05, 0.1) is 0 Å². The number of halogens is 1. The van der Waals surface area contributed by atoms with E-state index in [-0.39, 0.29) is 0 Å². The number of aliphatic imine (C=N–C) groups is 2. The van der Waals surface area contributed by atoms with Gasteiger partial charge in [0.1, 0.15) is 0 Å². The van der Waals surface area contributed by atoms with E-state index in [9.17, 15) is 5.11 Å². The van der Waals surface area contributed by atoms with Crippen LogP contribution in [0.5, 0.6) is 0 Å². The Bertz CT molecular complexity index is 682. The van der Waals surface area contributed by atoms with E-state index >= 15 is 0 Å². The van der Waals surface area contributed by atoms with Gasteiger partial charge in [-0.25, -0.2) is 9.98 Å². The Morgan fingerprint density at radius 2 is 1.85 bits per heavy atom. The van der Waals surface area contributed by atoms with Gasteiger partial charge in [0.15, 0.2) is 11.6 Å². The van der Waals surface area contributed by atoms with Crippen molar-refractivity contribution in [2.45, 2.75) is 12.1 Å². The Morgan fingerprint density at radius 3 is 2.60 bits per heavy atom. The molecule has 1 aliphatic rings. The molecule has 0 saturated carbocycles. The van der Waals surface area contributed by atoms with Gasteiger partial charge >= 0.3 is 0 Å². The van der Waals surface area contributed by atoms with Crippen LogP contribution in [0.4, 0.5) is 0 Å². The number of nitrogens with zero attached hydrogens (tertiary/aromatic N) is 2. The SMILES string of the molecule is OC1(c2ccccc2)CC=NC(c2cccc(Br)c2)=N1. The third-order valence-electron chi connectivity index (χ3n) is 3.20. The summed E-state index contributed by atoms with van der Waals surface area (Å²) in [5, 5.41) is 10.8. The first-order valence-corrected chi connectivity index (χ1v) is 7.13. The molecule has 1 atom stereocenters. The van der Waals surface area contributed by atoms with Gasteiger partial charge in [0, 0.05) is 28.2 Å². The molecule has 1 N–H and O–H groups in total. The fourth-order valence-electron chi connectivity index (χ4n) is 2.16. The van der Waals surface area contributed by atoms with Crippen molar-refractivity contribution in [2.24, 2.45) is 9.98 Å². The summed E-state index contributed by atoms with van der Waals surface area (Å²) in [6, 6.07) is 17.2. The molecular weight excluding hydrogens is 316 g/mol. The lowest BCUT2D eigenvalue weighted by Crippen LogP contribution is -2.28. The Balaban J connectivity index is 2.03. The van der Waals surface area contributed by atoms with Gasteiger partial charge < -0.3 is 5.11 Å². The van der Waals surface area contributed by atoms with Gasteiger partial charge in [0.25, 0.3) is 0 Å². The number of benzene rings is 2. The van der Waals surface area contributed by atoms with Crippen LogP contribution in [0.2, 0.25) is 0 Å². The Kier molecular flexibility index (Phi) is 3.51. The third-order valence-corrected chi connectivity index (χ3v) is 3.69. The number of rotatable bonds is 2. The molecule has 0 bridgehead atoms. The van der Waals surface area contributed by atoms with E-state index in [0.717, 1.165) is 15.6 Å². The summed E-state index contributed by atoms with van der Waals surface area (Å²) < 4.78 is 0.960. The molecule has 1 heterocycles. The van der Waals surface area contributed by atoms with Crippen LogP contribution in [0.25, 0.3) is 0 Å². The highest BCUT2D eigenvalue weighted by Crippen LogP contribution is 2.29. The van der Waals surface area contributed by atoms with Crippen LogP contribution in [0.15, 0.2) is 69.1 Å². The molecule has 0 aliphatic carbocycles. The summed E-state index contributed by atoms with van der Waals surface area (Å²) in [6.45, 7) is 0. The minimum atomic E-state index is -1.24. The maximum absolute atomic E-state index is 10.8. The van der Waals surface area contributed by atoms with Crippen molar-refractivity contribution in [3.8, 4) is 0 Å². The number of hydrogen-bond acceptors (Lipinski definition) is 3. The normalized spacial score (nSPS) is 21.6. The van der Waals surface area contributed by atoms with E-state index in [4.69, 9.17) is 0 Å². The summed E-state index contributed by atoms with van der Waals surface area (Å²) in [5.74, 6) is 0.545. The molecule has 0 radical (unpaired) electrons. The number of amidine groups is 1. The maximum atomic E-state index is 10.8. The lowest BCUT2D eigenvalue weighted by molar-refractivity contribution is 0.0543. The average Bonchev–Trinajstić information content (AvgIpc) is 2.48. The van der Waals surface area contributed by atoms with Crippen LogP contribution in [-0.4, -0.2) is 17.2 Å². The zero-order valence-electron chi connectivity index (χ0n) is 10.7. The predicted octanol–water partition coefficient (Wildman–Crippen LogP) is 3.52. The molecule has 1 unspecified atom stereocenters. The van der Waals surface area contributed by atoms with Crippen LogP contribution >= 0.6 is 15.9 Å². The second-order valence-electron chi connectivity index (χ2n) is 4.64. The third kappa shape index (κ3) is 2.57. The van der Waals surface area contributed by atoms with E-state index in [1.807, 2.05) is 54.6 Å². The first-order chi connectivity index (χ1) is 9.67. The predicted molar refractivity (Wildman–Crippen MR) is 84.1 cm³/mol.